The standard InChI is InChI=1S/C16H28N4O/c1-3-19-9-5-15(6-10-19)11-16(21)17-7-4-8-20-13-14(2)12-18-20/h12-13,15H,3-11H2,1-2H3,(H,17,21). The molecule has 0 saturated carbocycles. The molecule has 0 aromatic carbocycles. The average Bonchev–Trinajstić information content (AvgIpc) is 2.90. The Bertz CT molecular complexity index is 435. The van der Waals surface area contributed by atoms with Crippen molar-refractivity contribution < 1.29 is 4.79 Å². The van der Waals surface area contributed by atoms with Crippen molar-refractivity contribution in [2.45, 2.75) is 46.1 Å². The molecule has 0 spiro atoms. The third-order valence-electron chi connectivity index (χ3n) is 4.28. The zero-order chi connectivity index (χ0) is 15.1. The Morgan fingerprint density at radius 1 is 1.43 bits per heavy atom. The molecular formula is C16H28N4O. The van der Waals surface area contributed by atoms with E-state index in [1.54, 1.807) is 0 Å². The van der Waals surface area contributed by atoms with Crippen LogP contribution in [0, 0.1) is 12.8 Å². The minimum atomic E-state index is 0.210. The van der Waals surface area contributed by atoms with E-state index in [4.69, 9.17) is 0 Å². The van der Waals surface area contributed by atoms with Gasteiger partial charge in [-0.3, -0.25) is 9.48 Å². The van der Waals surface area contributed by atoms with Gasteiger partial charge in [0.1, 0.15) is 0 Å². The average molecular weight is 292 g/mol. The van der Waals surface area contributed by atoms with Crippen molar-refractivity contribution in [3.05, 3.63) is 18.0 Å². The van der Waals surface area contributed by atoms with E-state index in [9.17, 15) is 4.79 Å². The number of nitrogens with one attached hydrogen (secondary N) is 1. The van der Waals surface area contributed by atoms with Crippen molar-refractivity contribution in [1.29, 1.82) is 0 Å². The van der Waals surface area contributed by atoms with E-state index in [-0.39, 0.29) is 5.91 Å². The Hall–Kier alpha value is -1.36. The number of likely N-dealkylation sites (tertiary alicyclic amines) is 1. The minimum absolute atomic E-state index is 0.210. The Morgan fingerprint density at radius 2 is 2.19 bits per heavy atom. The summed E-state index contributed by atoms with van der Waals surface area (Å²) in [6.07, 6.45) is 7.84. The number of aromatic nitrogens is 2. The lowest BCUT2D eigenvalue weighted by atomic mass is 9.93. The summed E-state index contributed by atoms with van der Waals surface area (Å²) in [5.41, 5.74) is 1.18. The number of piperidine rings is 1. The van der Waals surface area contributed by atoms with E-state index in [2.05, 4.69) is 22.2 Å². The summed E-state index contributed by atoms with van der Waals surface area (Å²) in [5, 5.41) is 7.28. The van der Waals surface area contributed by atoms with Crippen LogP contribution >= 0.6 is 0 Å². The van der Waals surface area contributed by atoms with Crippen molar-refractivity contribution in [2.75, 3.05) is 26.2 Å². The number of hydrogen-bond donors (Lipinski definition) is 1. The molecule has 21 heavy (non-hydrogen) atoms. The van der Waals surface area contributed by atoms with Crippen molar-refractivity contribution in [3.8, 4) is 0 Å². The maximum absolute atomic E-state index is 11.9. The maximum atomic E-state index is 11.9. The highest BCUT2D eigenvalue weighted by atomic mass is 16.1. The first-order chi connectivity index (χ1) is 10.2. The number of nitrogens with zero attached hydrogens (tertiary/aromatic N) is 3. The maximum Gasteiger partial charge on any atom is 0.220 e. The van der Waals surface area contributed by atoms with E-state index in [1.807, 2.05) is 24.0 Å². The van der Waals surface area contributed by atoms with E-state index in [1.165, 1.54) is 5.56 Å². The number of rotatable bonds is 7. The molecule has 1 aliphatic rings. The van der Waals surface area contributed by atoms with Gasteiger partial charge < -0.3 is 10.2 Å². The molecule has 1 amide bonds. The Morgan fingerprint density at radius 3 is 2.81 bits per heavy atom. The summed E-state index contributed by atoms with van der Waals surface area (Å²) < 4.78 is 1.93. The highest BCUT2D eigenvalue weighted by molar-refractivity contribution is 5.76. The SMILES string of the molecule is CCN1CCC(CC(=O)NCCCn2cc(C)cn2)CC1. The summed E-state index contributed by atoms with van der Waals surface area (Å²) in [4.78, 5) is 14.4. The number of amides is 1. The molecule has 1 aliphatic heterocycles. The lowest BCUT2D eigenvalue weighted by Gasteiger charge is -2.30. The van der Waals surface area contributed by atoms with E-state index in [0.29, 0.717) is 12.3 Å². The summed E-state index contributed by atoms with van der Waals surface area (Å²) >= 11 is 0. The van der Waals surface area contributed by atoms with Crippen molar-refractivity contribution in [2.24, 2.45) is 5.92 Å². The number of carbonyl (C=O) groups is 1. The summed E-state index contributed by atoms with van der Waals surface area (Å²) in [7, 11) is 0. The first-order valence-corrected chi connectivity index (χ1v) is 8.15. The van der Waals surface area contributed by atoms with Crippen LogP contribution < -0.4 is 5.32 Å². The van der Waals surface area contributed by atoms with Gasteiger partial charge in [-0.1, -0.05) is 6.92 Å². The molecule has 0 unspecified atom stereocenters. The molecular weight excluding hydrogens is 264 g/mol. The first kappa shape index (κ1) is 16.0. The second-order valence-electron chi connectivity index (χ2n) is 6.07. The van der Waals surface area contributed by atoms with Gasteiger partial charge in [-0.25, -0.2) is 0 Å². The topological polar surface area (TPSA) is 50.2 Å². The number of hydrogen-bond acceptors (Lipinski definition) is 3. The third-order valence-corrected chi connectivity index (χ3v) is 4.28. The third kappa shape index (κ3) is 5.50. The molecule has 2 heterocycles. The molecule has 5 nitrogen and oxygen atoms in total. The fourth-order valence-corrected chi connectivity index (χ4v) is 2.90. The molecule has 1 saturated heterocycles. The molecule has 118 valence electrons. The molecule has 1 aromatic heterocycles. The van der Waals surface area contributed by atoms with Crippen LogP contribution in [0.5, 0.6) is 0 Å². The highest BCUT2D eigenvalue weighted by Crippen LogP contribution is 2.19. The molecule has 0 radical (unpaired) electrons. The smallest absolute Gasteiger partial charge is 0.220 e. The zero-order valence-electron chi connectivity index (χ0n) is 13.3. The lowest BCUT2D eigenvalue weighted by molar-refractivity contribution is -0.122. The molecule has 0 aliphatic carbocycles. The monoisotopic (exact) mass is 292 g/mol. The van der Waals surface area contributed by atoms with Crippen LogP contribution in [-0.2, 0) is 11.3 Å². The number of aryl methyl sites for hydroxylation is 2. The molecule has 1 N–H and O–H groups in total. The zero-order valence-corrected chi connectivity index (χ0v) is 13.3. The first-order valence-electron chi connectivity index (χ1n) is 8.15. The molecule has 5 heteroatoms. The fraction of sp³-hybridized carbons (Fsp3) is 0.750. The molecule has 0 bridgehead atoms. The van der Waals surface area contributed by atoms with Gasteiger partial charge in [-0.2, -0.15) is 5.10 Å². The summed E-state index contributed by atoms with van der Waals surface area (Å²) in [6, 6.07) is 0. The van der Waals surface area contributed by atoms with Crippen LogP contribution in [0.1, 0.15) is 38.2 Å². The van der Waals surface area contributed by atoms with E-state index < -0.39 is 0 Å². The van der Waals surface area contributed by atoms with Gasteiger partial charge in [0.25, 0.3) is 0 Å². The summed E-state index contributed by atoms with van der Waals surface area (Å²) in [6.45, 7) is 9.27. The lowest BCUT2D eigenvalue weighted by Crippen LogP contribution is -2.35. The highest BCUT2D eigenvalue weighted by Gasteiger charge is 2.20. The van der Waals surface area contributed by atoms with Gasteiger partial charge in [-0.15, -0.1) is 0 Å². The predicted octanol–water partition coefficient (Wildman–Crippen LogP) is 1.82. The van der Waals surface area contributed by atoms with Crippen molar-refractivity contribution in [3.63, 3.8) is 0 Å². The van der Waals surface area contributed by atoms with Gasteiger partial charge in [0.15, 0.2) is 0 Å². The van der Waals surface area contributed by atoms with Gasteiger partial charge >= 0.3 is 0 Å². The predicted molar refractivity (Wildman–Crippen MR) is 84.0 cm³/mol. The van der Waals surface area contributed by atoms with Crippen LogP contribution in [0.3, 0.4) is 0 Å². The van der Waals surface area contributed by atoms with Crippen LogP contribution in [0.15, 0.2) is 12.4 Å². The minimum Gasteiger partial charge on any atom is -0.356 e. The molecule has 2 rings (SSSR count). The number of carbonyl (C=O) groups excluding carboxylic acids is 1. The summed E-state index contributed by atoms with van der Waals surface area (Å²) in [5.74, 6) is 0.781. The fourth-order valence-electron chi connectivity index (χ4n) is 2.90. The van der Waals surface area contributed by atoms with E-state index >= 15 is 0 Å². The Kier molecular flexibility index (Phi) is 6.23. The van der Waals surface area contributed by atoms with Crippen molar-refractivity contribution in [1.82, 2.24) is 20.0 Å². The Labute approximate surface area is 127 Å². The largest absolute Gasteiger partial charge is 0.356 e. The van der Waals surface area contributed by atoms with Crippen molar-refractivity contribution >= 4 is 5.91 Å². The normalized spacial score (nSPS) is 17.0. The van der Waals surface area contributed by atoms with E-state index in [0.717, 1.165) is 52.0 Å². The van der Waals surface area contributed by atoms with Crippen LogP contribution in [0.2, 0.25) is 0 Å². The van der Waals surface area contributed by atoms with Gasteiger partial charge in [0, 0.05) is 25.7 Å². The van der Waals surface area contributed by atoms with Gasteiger partial charge in [0.2, 0.25) is 5.91 Å². The van der Waals surface area contributed by atoms with Gasteiger partial charge in [-0.05, 0) is 57.3 Å². The molecule has 1 fully saturated rings. The van der Waals surface area contributed by atoms with Crippen LogP contribution in [-0.4, -0.2) is 46.8 Å². The second-order valence-corrected chi connectivity index (χ2v) is 6.07. The quantitative estimate of drug-likeness (QED) is 0.780. The second kappa shape index (κ2) is 8.17. The Balaban J connectivity index is 1.55. The molecule has 1 aromatic rings. The van der Waals surface area contributed by atoms with Crippen LogP contribution in [0.25, 0.3) is 0 Å². The van der Waals surface area contributed by atoms with Crippen LogP contribution in [0.4, 0.5) is 0 Å². The van der Waals surface area contributed by atoms with Gasteiger partial charge in [0.05, 0.1) is 6.20 Å². The molecule has 0 atom stereocenters.